The molecule has 124 valence electrons. The maximum Gasteiger partial charge on any atom is 0.275 e. The smallest absolute Gasteiger partial charge is 0.275 e. The van der Waals surface area contributed by atoms with Gasteiger partial charge in [-0.3, -0.25) is 19.0 Å². The van der Waals surface area contributed by atoms with Gasteiger partial charge in [0.2, 0.25) is 5.43 Å². The van der Waals surface area contributed by atoms with Gasteiger partial charge in [0.05, 0.1) is 28.7 Å². The molecule has 0 aliphatic heterocycles. The van der Waals surface area contributed by atoms with E-state index in [1.807, 2.05) is 19.1 Å². The van der Waals surface area contributed by atoms with Gasteiger partial charge in [-0.15, -0.1) is 0 Å². The van der Waals surface area contributed by atoms with Gasteiger partial charge in [-0.2, -0.15) is 10.2 Å². The number of aromatic nitrogens is 4. The highest BCUT2D eigenvalue weighted by Gasteiger charge is 2.16. The average molecular weight is 346 g/mol. The third-order valence-electron chi connectivity index (χ3n) is 3.65. The lowest BCUT2D eigenvalue weighted by Gasteiger charge is -2.09. The summed E-state index contributed by atoms with van der Waals surface area (Å²) in [5.41, 5.74) is 1.15. The number of rotatable bonds is 4. The maximum atomic E-state index is 12.5. The largest absolute Gasteiger partial charge is 0.349 e. The third kappa shape index (κ3) is 3.16. The van der Waals surface area contributed by atoms with Crippen LogP contribution in [0.25, 0.3) is 10.9 Å². The summed E-state index contributed by atoms with van der Waals surface area (Å²) in [6, 6.07) is 5.49. The summed E-state index contributed by atoms with van der Waals surface area (Å²) in [7, 11) is 1.71. The van der Waals surface area contributed by atoms with Crippen LogP contribution in [0.1, 0.15) is 16.1 Å². The van der Waals surface area contributed by atoms with Crippen LogP contribution in [-0.2, 0) is 13.6 Å². The summed E-state index contributed by atoms with van der Waals surface area (Å²) < 4.78 is 3.15. The van der Waals surface area contributed by atoms with Gasteiger partial charge in [0, 0.05) is 19.8 Å². The van der Waals surface area contributed by atoms with Crippen LogP contribution in [0.3, 0.4) is 0 Å². The number of carbonyl (C=O) groups is 1. The SMILES string of the molecule is Cc1ccc2c(c1)c(=O)c(C(=O)NCCn1cc(Cl)cn1)nn2C. The molecule has 3 aromatic rings. The van der Waals surface area contributed by atoms with Gasteiger partial charge in [-0.25, -0.2) is 0 Å². The van der Waals surface area contributed by atoms with E-state index in [1.165, 1.54) is 6.20 Å². The average Bonchev–Trinajstić information content (AvgIpc) is 2.96. The molecule has 0 saturated heterocycles. The van der Waals surface area contributed by atoms with Gasteiger partial charge >= 0.3 is 0 Å². The highest BCUT2D eigenvalue weighted by Crippen LogP contribution is 2.11. The first-order valence-electron chi connectivity index (χ1n) is 7.39. The molecule has 7 nitrogen and oxygen atoms in total. The van der Waals surface area contributed by atoms with E-state index in [4.69, 9.17) is 11.6 Å². The lowest BCUT2D eigenvalue weighted by Crippen LogP contribution is -2.33. The highest BCUT2D eigenvalue weighted by molar-refractivity contribution is 6.30. The van der Waals surface area contributed by atoms with Crippen LogP contribution >= 0.6 is 11.6 Å². The quantitative estimate of drug-likeness (QED) is 0.777. The Morgan fingerprint density at radius 2 is 2.17 bits per heavy atom. The predicted octanol–water partition coefficient (Wildman–Crippen LogP) is 1.52. The summed E-state index contributed by atoms with van der Waals surface area (Å²) in [5.74, 6) is -0.503. The maximum absolute atomic E-state index is 12.5. The molecule has 0 atom stereocenters. The highest BCUT2D eigenvalue weighted by atomic mass is 35.5. The Bertz CT molecular complexity index is 976. The van der Waals surface area contributed by atoms with Crippen LogP contribution in [0.2, 0.25) is 5.02 Å². The fourth-order valence-electron chi connectivity index (χ4n) is 2.47. The van der Waals surface area contributed by atoms with Crippen LogP contribution in [0.5, 0.6) is 0 Å². The number of benzene rings is 1. The van der Waals surface area contributed by atoms with Gasteiger partial charge in [0.1, 0.15) is 0 Å². The van der Waals surface area contributed by atoms with E-state index in [1.54, 1.807) is 28.7 Å². The fourth-order valence-corrected chi connectivity index (χ4v) is 2.62. The molecule has 1 amide bonds. The molecular formula is C16H16ClN5O2. The zero-order chi connectivity index (χ0) is 17.3. The molecule has 0 aliphatic carbocycles. The molecule has 0 saturated carbocycles. The number of hydrogen-bond acceptors (Lipinski definition) is 4. The molecule has 1 aromatic carbocycles. The van der Waals surface area contributed by atoms with E-state index in [-0.39, 0.29) is 11.1 Å². The first-order valence-corrected chi connectivity index (χ1v) is 7.77. The van der Waals surface area contributed by atoms with Crippen molar-refractivity contribution in [3.8, 4) is 0 Å². The number of hydrogen-bond donors (Lipinski definition) is 1. The van der Waals surface area contributed by atoms with Gasteiger partial charge in [0.15, 0.2) is 5.69 Å². The van der Waals surface area contributed by atoms with Crippen LogP contribution < -0.4 is 10.7 Å². The van der Waals surface area contributed by atoms with E-state index in [2.05, 4.69) is 15.5 Å². The van der Waals surface area contributed by atoms with Crippen molar-refractivity contribution >= 4 is 28.4 Å². The second-order valence-corrected chi connectivity index (χ2v) is 5.94. The Kier molecular flexibility index (Phi) is 4.35. The number of halogens is 1. The predicted molar refractivity (Wildman–Crippen MR) is 91.3 cm³/mol. The summed E-state index contributed by atoms with van der Waals surface area (Å²) in [4.78, 5) is 24.8. The molecule has 0 bridgehead atoms. The second-order valence-electron chi connectivity index (χ2n) is 5.50. The molecule has 2 heterocycles. The lowest BCUT2D eigenvalue weighted by atomic mass is 10.1. The number of aryl methyl sites for hydroxylation is 2. The Morgan fingerprint density at radius 3 is 2.88 bits per heavy atom. The Balaban J connectivity index is 1.82. The van der Waals surface area contributed by atoms with Crippen molar-refractivity contribution in [3.63, 3.8) is 0 Å². The fraction of sp³-hybridized carbons (Fsp3) is 0.250. The summed E-state index contributed by atoms with van der Waals surface area (Å²) >= 11 is 5.78. The molecule has 2 aromatic heterocycles. The van der Waals surface area contributed by atoms with Gasteiger partial charge in [0.25, 0.3) is 5.91 Å². The second kappa shape index (κ2) is 6.45. The zero-order valence-electron chi connectivity index (χ0n) is 13.3. The Hall–Kier alpha value is -2.67. The number of fused-ring (bicyclic) bond motifs is 1. The summed E-state index contributed by atoms with van der Waals surface area (Å²) in [5, 5.41) is 11.8. The minimum atomic E-state index is -0.503. The molecule has 3 rings (SSSR count). The van der Waals surface area contributed by atoms with E-state index in [9.17, 15) is 9.59 Å². The van der Waals surface area contributed by atoms with E-state index in [0.717, 1.165) is 5.56 Å². The van der Waals surface area contributed by atoms with Crippen LogP contribution in [0.4, 0.5) is 0 Å². The number of carbonyl (C=O) groups excluding carboxylic acids is 1. The number of nitrogens with one attached hydrogen (secondary N) is 1. The van der Waals surface area contributed by atoms with Crippen molar-refractivity contribution in [2.24, 2.45) is 7.05 Å². The summed E-state index contributed by atoms with van der Waals surface area (Å²) in [6.07, 6.45) is 3.18. The molecule has 0 fully saturated rings. The standard InChI is InChI=1S/C16H16ClN5O2/c1-10-3-4-13-12(7-10)15(23)14(20-21(13)2)16(24)18-5-6-22-9-11(17)8-19-22/h3-4,7-9H,5-6H2,1-2H3,(H,18,24). The topological polar surface area (TPSA) is 81.8 Å². The van der Waals surface area contributed by atoms with Gasteiger partial charge in [-0.05, 0) is 19.1 Å². The first-order chi connectivity index (χ1) is 11.5. The van der Waals surface area contributed by atoms with E-state index in [0.29, 0.717) is 29.0 Å². The molecule has 0 aliphatic rings. The van der Waals surface area contributed by atoms with Gasteiger partial charge < -0.3 is 5.32 Å². The number of amides is 1. The van der Waals surface area contributed by atoms with Crippen molar-refractivity contribution in [3.05, 3.63) is 57.1 Å². The van der Waals surface area contributed by atoms with Crippen LogP contribution in [0, 0.1) is 6.92 Å². The zero-order valence-corrected chi connectivity index (χ0v) is 14.0. The van der Waals surface area contributed by atoms with Crippen LogP contribution in [-0.4, -0.2) is 32.0 Å². The van der Waals surface area contributed by atoms with Crippen molar-refractivity contribution in [1.29, 1.82) is 0 Å². The number of nitrogens with zero attached hydrogens (tertiary/aromatic N) is 4. The first kappa shape index (κ1) is 16.2. The normalized spacial score (nSPS) is 11.0. The van der Waals surface area contributed by atoms with E-state index < -0.39 is 5.91 Å². The monoisotopic (exact) mass is 345 g/mol. The Morgan fingerprint density at radius 1 is 1.38 bits per heavy atom. The summed E-state index contributed by atoms with van der Waals surface area (Å²) in [6.45, 7) is 2.66. The van der Waals surface area contributed by atoms with Crippen molar-refractivity contribution in [2.75, 3.05) is 6.54 Å². The molecule has 0 unspecified atom stereocenters. The van der Waals surface area contributed by atoms with Crippen LogP contribution in [0.15, 0.2) is 35.4 Å². The molecule has 1 N–H and O–H groups in total. The molecule has 24 heavy (non-hydrogen) atoms. The minimum Gasteiger partial charge on any atom is -0.349 e. The van der Waals surface area contributed by atoms with Crippen molar-refractivity contribution in [2.45, 2.75) is 13.5 Å². The third-order valence-corrected chi connectivity index (χ3v) is 3.85. The van der Waals surface area contributed by atoms with E-state index >= 15 is 0 Å². The lowest BCUT2D eigenvalue weighted by molar-refractivity contribution is 0.0944. The minimum absolute atomic E-state index is 0.117. The van der Waals surface area contributed by atoms with Gasteiger partial charge in [-0.1, -0.05) is 23.2 Å². The molecule has 8 heteroatoms. The van der Waals surface area contributed by atoms with Crippen molar-refractivity contribution in [1.82, 2.24) is 24.9 Å². The molecule has 0 spiro atoms. The molecular weight excluding hydrogens is 330 g/mol. The van der Waals surface area contributed by atoms with Crippen molar-refractivity contribution < 1.29 is 4.79 Å². The molecule has 0 radical (unpaired) electrons. The Labute approximate surface area is 142 Å².